The fourth-order valence-electron chi connectivity index (χ4n) is 1.68. The van der Waals surface area contributed by atoms with E-state index >= 15 is 0 Å². The number of hydrogen-bond acceptors (Lipinski definition) is 4. The van der Waals surface area contributed by atoms with E-state index in [1.54, 1.807) is 29.5 Å². The molecule has 0 aliphatic carbocycles. The molecule has 0 aliphatic rings. The summed E-state index contributed by atoms with van der Waals surface area (Å²) in [6.45, 7) is 0.347. The molecule has 0 spiro atoms. The van der Waals surface area contributed by atoms with Crippen molar-refractivity contribution in [3.8, 4) is 11.8 Å². The van der Waals surface area contributed by atoms with Crippen molar-refractivity contribution < 1.29 is 4.74 Å². The molecule has 0 aliphatic heterocycles. The summed E-state index contributed by atoms with van der Waals surface area (Å²) in [6.07, 6.45) is 3.87. The standard InChI is InChI=1S/C13H8ClN3OS/c14-11-5-9(6-15)1-2-12(11)18-8-10-7-17-3-4-19-13(17)16-10/h1-5,7H,8H2. The summed E-state index contributed by atoms with van der Waals surface area (Å²) in [5.74, 6) is 0.553. The van der Waals surface area contributed by atoms with E-state index in [9.17, 15) is 0 Å². The van der Waals surface area contributed by atoms with Crippen molar-refractivity contribution in [1.29, 1.82) is 5.26 Å². The molecule has 0 atom stereocenters. The molecular weight excluding hydrogens is 282 g/mol. The minimum absolute atomic E-state index is 0.347. The average Bonchev–Trinajstić information content (AvgIpc) is 2.98. The lowest BCUT2D eigenvalue weighted by atomic mass is 10.2. The molecule has 19 heavy (non-hydrogen) atoms. The highest BCUT2D eigenvalue weighted by molar-refractivity contribution is 7.15. The number of hydrogen-bond donors (Lipinski definition) is 0. The van der Waals surface area contributed by atoms with Crippen LogP contribution in [0, 0.1) is 11.3 Å². The quantitative estimate of drug-likeness (QED) is 0.741. The predicted molar refractivity (Wildman–Crippen MR) is 73.6 cm³/mol. The predicted octanol–water partition coefficient (Wildman–Crippen LogP) is 3.50. The molecule has 94 valence electrons. The fraction of sp³-hybridized carbons (Fsp3) is 0.0769. The number of imidazole rings is 1. The van der Waals surface area contributed by atoms with E-state index in [1.165, 1.54) is 0 Å². The zero-order chi connectivity index (χ0) is 13.2. The smallest absolute Gasteiger partial charge is 0.193 e. The Morgan fingerprint density at radius 2 is 2.37 bits per heavy atom. The van der Waals surface area contributed by atoms with Crippen molar-refractivity contribution in [2.24, 2.45) is 0 Å². The van der Waals surface area contributed by atoms with Crippen LogP contribution >= 0.6 is 22.9 Å². The van der Waals surface area contributed by atoms with Crippen molar-refractivity contribution in [2.45, 2.75) is 6.61 Å². The average molecular weight is 290 g/mol. The number of aromatic nitrogens is 2. The van der Waals surface area contributed by atoms with Gasteiger partial charge in [0.1, 0.15) is 12.4 Å². The van der Waals surface area contributed by atoms with Crippen molar-refractivity contribution in [2.75, 3.05) is 0 Å². The van der Waals surface area contributed by atoms with Crippen molar-refractivity contribution in [3.63, 3.8) is 0 Å². The zero-order valence-corrected chi connectivity index (χ0v) is 11.3. The number of nitriles is 1. The minimum Gasteiger partial charge on any atom is -0.486 e. The lowest BCUT2D eigenvalue weighted by Crippen LogP contribution is -1.96. The highest BCUT2D eigenvalue weighted by atomic mass is 35.5. The van der Waals surface area contributed by atoms with E-state index in [0.29, 0.717) is 22.9 Å². The Bertz CT molecular complexity index is 743. The highest BCUT2D eigenvalue weighted by Gasteiger charge is 2.06. The van der Waals surface area contributed by atoms with Gasteiger partial charge in [-0.3, -0.25) is 4.40 Å². The van der Waals surface area contributed by atoms with Gasteiger partial charge in [-0.2, -0.15) is 5.26 Å². The number of ether oxygens (including phenoxy) is 1. The minimum atomic E-state index is 0.347. The molecule has 3 rings (SSSR count). The number of thiazole rings is 1. The lowest BCUT2D eigenvalue weighted by molar-refractivity contribution is 0.302. The Morgan fingerprint density at radius 3 is 3.11 bits per heavy atom. The molecule has 0 radical (unpaired) electrons. The molecule has 0 bridgehead atoms. The summed E-state index contributed by atoms with van der Waals surface area (Å²) in [5.41, 5.74) is 1.35. The van der Waals surface area contributed by atoms with Gasteiger partial charge in [-0.25, -0.2) is 4.98 Å². The maximum Gasteiger partial charge on any atom is 0.193 e. The normalized spacial score (nSPS) is 10.5. The summed E-state index contributed by atoms with van der Waals surface area (Å²) >= 11 is 7.60. The van der Waals surface area contributed by atoms with Gasteiger partial charge in [0.2, 0.25) is 0 Å². The van der Waals surface area contributed by atoms with Crippen LogP contribution in [-0.2, 0) is 6.61 Å². The van der Waals surface area contributed by atoms with Gasteiger partial charge in [0.15, 0.2) is 4.96 Å². The molecule has 2 heterocycles. The first-order valence-corrected chi connectivity index (χ1v) is 6.75. The first-order valence-electron chi connectivity index (χ1n) is 5.50. The maximum absolute atomic E-state index is 8.76. The van der Waals surface area contributed by atoms with Gasteiger partial charge in [0.05, 0.1) is 22.3 Å². The molecule has 0 N–H and O–H groups in total. The number of nitrogens with zero attached hydrogens (tertiary/aromatic N) is 3. The second-order valence-corrected chi connectivity index (χ2v) is 5.15. The van der Waals surface area contributed by atoms with Crippen LogP contribution in [0.15, 0.2) is 36.0 Å². The van der Waals surface area contributed by atoms with Crippen molar-refractivity contribution in [3.05, 3.63) is 52.3 Å². The van der Waals surface area contributed by atoms with E-state index in [0.717, 1.165) is 10.7 Å². The van der Waals surface area contributed by atoms with Crippen LogP contribution in [0.5, 0.6) is 5.75 Å². The maximum atomic E-state index is 8.76. The summed E-state index contributed by atoms with van der Waals surface area (Å²) < 4.78 is 7.56. The summed E-state index contributed by atoms with van der Waals surface area (Å²) in [7, 11) is 0. The van der Waals surface area contributed by atoms with Crippen LogP contribution in [0.2, 0.25) is 5.02 Å². The summed E-state index contributed by atoms with van der Waals surface area (Å²) in [6, 6.07) is 6.98. The van der Waals surface area contributed by atoms with Gasteiger partial charge < -0.3 is 4.74 Å². The molecule has 0 fully saturated rings. The Kier molecular flexibility index (Phi) is 3.11. The van der Waals surface area contributed by atoms with Gasteiger partial charge in [0.25, 0.3) is 0 Å². The SMILES string of the molecule is N#Cc1ccc(OCc2cn3ccsc3n2)c(Cl)c1. The molecule has 1 aromatic carbocycles. The summed E-state index contributed by atoms with van der Waals surface area (Å²) in [5, 5.41) is 11.2. The van der Waals surface area contributed by atoms with Crippen LogP contribution in [0.4, 0.5) is 0 Å². The second-order valence-electron chi connectivity index (χ2n) is 3.87. The van der Waals surface area contributed by atoms with Gasteiger partial charge in [-0.1, -0.05) is 11.6 Å². The largest absolute Gasteiger partial charge is 0.486 e. The number of fused-ring (bicyclic) bond motifs is 1. The number of halogens is 1. The third-order valence-corrected chi connectivity index (χ3v) is 3.65. The van der Waals surface area contributed by atoms with Gasteiger partial charge in [0, 0.05) is 17.8 Å². The molecule has 0 unspecified atom stereocenters. The molecule has 6 heteroatoms. The van der Waals surface area contributed by atoms with Gasteiger partial charge in [-0.15, -0.1) is 11.3 Å². The number of rotatable bonds is 3. The zero-order valence-electron chi connectivity index (χ0n) is 9.71. The molecule has 3 aromatic rings. The van der Waals surface area contributed by atoms with Gasteiger partial charge >= 0.3 is 0 Å². The van der Waals surface area contributed by atoms with Crippen LogP contribution in [0.1, 0.15) is 11.3 Å². The van der Waals surface area contributed by atoms with Crippen molar-refractivity contribution >= 4 is 27.9 Å². The molecule has 0 amide bonds. The monoisotopic (exact) mass is 289 g/mol. The lowest BCUT2D eigenvalue weighted by Gasteiger charge is -2.06. The fourth-order valence-corrected chi connectivity index (χ4v) is 2.64. The first kappa shape index (κ1) is 12.0. The van der Waals surface area contributed by atoms with Crippen molar-refractivity contribution in [1.82, 2.24) is 9.38 Å². The highest BCUT2D eigenvalue weighted by Crippen LogP contribution is 2.26. The third-order valence-electron chi connectivity index (χ3n) is 2.58. The Hall–Kier alpha value is -2.03. The molecule has 4 nitrogen and oxygen atoms in total. The second kappa shape index (κ2) is 4.92. The van der Waals surface area contributed by atoms with E-state index in [2.05, 4.69) is 4.98 Å². The third kappa shape index (κ3) is 2.41. The Labute approximate surface area is 118 Å². The van der Waals surface area contributed by atoms with Crippen LogP contribution in [-0.4, -0.2) is 9.38 Å². The molecular formula is C13H8ClN3OS. The van der Waals surface area contributed by atoms with Crippen LogP contribution in [0.25, 0.3) is 4.96 Å². The topological polar surface area (TPSA) is 50.3 Å². The summed E-state index contributed by atoms with van der Waals surface area (Å²) in [4.78, 5) is 5.35. The number of benzene rings is 1. The Morgan fingerprint density at radius 1 is 1.47 bits per heavy atom. The molecule has 0 saturated carbocycles. The van der Waals surface area contributed by atoms with Gasteiger partial charge in [-0.05, 0) is 18.2 Å². The first-order chi connectivity index (χ1) is 9.26. The van der Waals surface area contributed by atoms with Crippen LogP contribution in [0.3, 0.4) is 0 Å². The van der Waals surface area contributed by atoms with Crippen LogP contribution < -0.4 is 4.74 Å². The van der Waals surface area contributed by atoms with E-state index in [-0.39, 0.29) is 0 Å². The Balaban J connectivity index is 1.75. The molecule has 2 aromatic heterocycles. The van der Waals surface area contributed by atoms with E-state index < -0.39 is 0 Å². The molecule has 0 saturated heterocycles. The van der Waals surface area contributed by atoms with E-state index in [4.69, 9.17) is 21.6 Å². The van der Waals surface area contributed by atoms with E-state index in [1.807, 2.05) is 28.2 Å².